The number of aliphatic hydroxyl groups is 1. The van der Waals surface area contributed by atoms with Crippen LogP contribution >= 0.6 is 0 Å². The van der Waals surface area contributed by atoms with Gasteiger partial charge in [-0.05, 0) is 36.4 Å². The molecule has 2 aliphatic rings. The predicted molar refractivity (Wildman–Crippen MR) is 121 cm³/mol. The van der Waals surface area contributed by atoms with Crippen LogP contribution in [0.3, 0.4) is 0 Å². The maximum atomic E-state index is 13.3. The summed E-state index contributed by atoms with van der Waals surface area (Å²) in [4.78, 5) is 32.3. The molecule has 0 saturated carbocycles. The van der Waals surface area contributed by atoms with Crippen molar-refractivity contribution in [1.29, 1.82) is 0 Å². The molecular formula is C25H20N2O7. The fraction of sp³-hybridized carbons (Fsp3) is 0.160. The summed E-state index contributed by atoms with van der Waals surface area (Å²) in [5.41, 5.74) is 0.823. The first kappa shape index (κ1) is 21.3. The van der Waals surface area contributed by atoms with Gasteiger partial charge in [-0.25, -0.2) is 0 Å². The number of aromatic nitrogens is 1. The van der Waals surface area contributed by atoms with Crippen LogP contribution in [-0.2, 0) is 9.59 Å². The summed E-state index contributed by atoms with van der Waals surface area (Å²) in [6.45, 7) is 0.0644. The molecule has 0 aliphatic carbocycles. The van der Waals surface area contributed by atoms with E-state index < -0.39 is 23.5 Å². The molecule has 2 aliphatic heterocycles. The molecule has 1 fully saturated rings. The van der Waals surface area contributed by atoms with Gasteiger partial charge in [-0.15, -0.1) is 0 Å². The number of Topliss-reactive ketones (excluding diaryl/α,β-unsaturated/α-hetero) is 1. The van der Waals surface area contributed by atoms with Crippen molar-refractivity contribution in [3.63, 3.8) is 0 Å². The van der Waals surface area contributed by atoms with Gasteiger partial charge in [-0.3, -0.25) is 19.5 Å². The number of hydrogen-bond donors (Lipinski definition) is 1. The molecule has 1 N–H and O–H groups in total. The first-order valence-corrected chi connectivity index (χ1v) is 10.4. The van der Waals surface area contributed by atoms with Gasteiger partial charge >= 0.3 is 0 Å². The number of methoxy groups -OCH3 is 2. The molecular weight excluding hydrogens is 440 g/mol. The number of pyridine rings is 1. The lowest BCUT2D eigenvalue weighted by Gasteiger charge is -2.25. The number of fused-ring (bicyclic) bond motifs is 1. The molecule has 0 spiro atoms. The van der Waals surface area contributed by atoms with Crippen LogP contribution in [-0.4, -0.2) is 42.8 Å². The van der Waals surface area contributed by atoms with E-state index in [1.807, 2.05) is 0 Å². The Balaban J connectivity index is 1.75. The van der Waals surface area contributed by atoms with Gasteiger partial charge in [-0.1, -0.05) is 12.1 Å². The first-order chi connectivity index (χ1) is 16.5. The van der Waals surface area contributed by atoms with Crippen molar-refractivity contribution >= 4 is 23.1 Å². The third-order valence-electron chi connectivity index (χ3n) is 5.71. The molecule has 172 valence electrons. The minimum atomic E-state index is -1.00. The topological polar surface area (TPSA) is 107 Å². The van der Waals surface area contributed by atoms with E-state index >= 15 is 0 Å². The van der Waals surface area contributed by atoms with E-state index in [-0.39, 0.29) is 29.4 Å². The molecule has 0 bridgehead atoms. The summed E-state index contributed by atoms with van der Waals surface area (Å²) in [5.74, 6) is -0.550. The Hall–Kier alpha value is -4.53. The smallest absolute Gasteiger partial charge is 0.300 e. The third kappa shape index (κ3) is 3.29. The summed E-state index contributed by atoms with van der Waals surface area (Å²) >= 11 is 0. The van der Waals surface area contributed by atoms with Gasteiger partial charge in [0, 0.05) is 18.0 Å². The molecule has 0 radical (unpaired) electrons. The molecule has 34 heavy (non-hydrogen) atoms. The second-order valence-electron chi connectivity index (χ2n) is 7.50. The van der Waals surface area contributed by atoms with Crippen molar-refractivity contribution < 1.29 is 33.6 Å². The summed E-state index contributed by atoms with van der Waals surface area (Å²) in [6, 6.07) is 14.0. The Morgan fingerprint density at radius 3 is 2.41 bits per heavy atom. The Morgan fingerprint density at radius 2 is 1.74 bits per heavy atom. The zero-order valence-corrected chi connectivity index (χ0v) is 18.3. The number of carbonyl (C=O) groups is 2. The molecule has 1 unspecified atom stereocenters. The average Bonchev–Trinajstić information content (AvgIpc) is 3.45. The van der Waals surface area contributed by atoms with E-state index in [2.05, 4.69) is 4.98 Å². The second kappa shape index (κ2) is 8.43. The van der Waals surface area contributed by atoms with Gasteiger partial charge in [0.25, 0.3) is 11.7 Å². The highest BCUT2D eigenvalue weighted by molar-refractivity contribution is 6.51. The van der Waals surface area contributed by atoms with Gasteiger partial charge < -0.3 is 24.1 Å². The number of hydrogen-bond acceptors (Lipinski definition) is 8. The van der Waals surface area contributed by atoms with E-state index in [0.29, 0.717) is 22.9 Å². The maximum Gasteiger partial charge on any atom is 0.300 e. The van der Waals surface area contributed by atoms with Crippen LogP contribution in [0.5, 0.6) is 23.0 Å². The highest BCUT2D eigenvalue weighted by Gasteiger charge is 2.48. The Kier molecular flexibility index (Phi) is 5.29. The van der Waals surface area contributed by atoms with E-state index in [9.17, 15) is 14.7 Å². The number of aliphatic hydroxyl groups excluding tert-OH is 1. The summed E-state index contributed by atoms with van der Waals surface area (Å²) < 4.78 is 21.6. The highest BCUT2D eigenvalue weighted by Crippen LogP contribution is 2.46. The van der Waals surface area contributed by atoms with Crippen molar-refractivity contribution in [3.05, 3.63) is 77.6 Å². The first-order valence-electron chi connectivity index (χ1n) is 10.4. The van der Waals surface area contributed by atoms with Crippen molar-refractivity contribution in [2.45, 2.75) is 6.04 Å². The van der Waals surface area contributed by atoms with E-state index in [4.69, 9.17) is 18.9 Å². The molecule has 3 heterocycles. The maximum absolute atomic E-state index is 13.3. The van der Waals surface area contributed by atoms with Crippen LogP contribution in [0.2, 0.25) is 0 Å². The molecule has 1 saturated heterocycles. The lowest BCUT2D eigenvalue weighted by Crippen LogP contribution is -2.29. The van der Waals surface area contributed by atoms with Crippen LogP contribution in [0.25, 0.3) is 5.76 Å². The molecule has 9 nitrogen and oxygen atoms in total. The zero-order valence-electron chi connectivity index (χ0n) is 18.3. The normalized spacial score (nSPS) is 18.3. The number of ketones is 1. The average molecular weight is 460 g/mol. The minimum absolute atomic E-state index is 0.0644. The Morgan fingerprint density at radius 1 is 1.00 bits per heavy atom. The van der Waals surface area contributed by atoms with Crippen LogP contribution in [0.4, 0.5) is 5.69 Å². The SMILES string of the molecule is COc1cccc(OC)c1/C(O)=C1\C(=O)C(=O)N(c2ccc3c(c2)OCO3)C1c1ccccn1. The monoisotopic (exact) mass is 460 g/mol. The molecule has 9 heteroatoms. The molecule has 1 amide bonds. The Labute approximate surface area is 194 Å². The molecule has 1 atom stereocenters. The van der Waals surface area contributed by atoms with E-state index in [1.165, 1.54) is 19.1 Å². The van der Waals surface area contributed by atoms with E-state index in [0.717, 1.165) is 0 Å². The molecule has 5 rings (SSSR count). The molecule has 1 aromatic heterocycles. The second-order valence-corrected chi connectivity index (χ2v) is 7.50. The van der Waals surface area contributed by atoms with Crippen molar-refractivity contribution in [2.75, 3.05) is 25.9 Å². The van der Waals surface area contributed by atoms with Gasteiger partial charge in [0.2, 0.25) is 6.79 Å². The van der Waals surface area contributed by atoms with Crippen LogP contribution in [0.1, 0.15) is 17.3 Å². The van der Waals surface area contributed by atoms with Crippen molar-refractivity contribution in [2.24, 2.45) is 0 Å². The Bertz CT molecular complexity index is 1300. The molecule has 2 aromatic carbocycles. The lowest BCUT2D eigenvalue weighted by atomic mass is 9.97. The lowest BCUT2D eigenvalue weighted by molar-refractivity contribution is -0.132. The van der Waals surface area contributed by atoms with Gasteiger partial charge in [0.15, 0.2) is 11.5 Å². The summed E-state index contributed by atoms with van der Waals surface area (Å²) in [6.07, 6.45) is 1.55. The molecule has 3 aromatic rings. The third-order valence-corrected chi connectivity index (χ3v) is 5.71. The number of ether oxygens (including phenoxy) is 4. The summed E-state index contributed by atoms with van der Waals surface area (Å²) in [5, 5.41) is 11.4. The number of nitrogens with zero attached hydrogens (tertiary/aromatic N) is 2. The zero-order chi connectivity index (χ0) is 23.8. The number of carbonyl (C=O) groups excluding carboxylic acids is 2. The standard InChI is InChI=1S/C25H20N2O7/c1-31-17-7-5-8-18(32-2)20(17)23(28)21-22(15-6-3-4-11-26-15)27(25(30)24(21)29)14-9-10-16-19(12-14)34-13-33-16/h3-12,22,28H,13H2,1-2H3/b23-21+. The van der Waals surface area contributed by atoms with Crippen LogP contribution in [0.15, 0.2) is 66.4 Å². The fourth-order valence-electron chi connectivity index (χ4n) is 4.17. The number of benzene rings is 2. The van der Waals surface area contributed by atoms with Crippen LogP contribution in [0, 0.1) is 0 Å². The van der Waals surface area contributed by atoms with Crippen molar-refractivity contribution in [1.82, 2.24) is 4.98 Å². The van der Waals surface area contributed by atoms with E-state index in [1.54, 1.807) is 60.8 Å². The number of anilines is 1. The highest BCUT2D eigenvalue weighted by atomic mass is 16.7. The van der Waals surface area contributed by atoms with Gasteiger partial charge in [0.05, 0.1) is 25.5 Å². The fourth-order valence-corrected chi connectivity index (χ4v) is 4.17. The minimum Gasteiger partial charge on any atom is -0.506 e. The van der Waals surface area contributed by atoms with Gasteiger partial charge in [-0.2, -0.15) is 0 Å². The quantitative estimate of drug-likeness (QED) is 0.351. The number of amides is 1. The van der Waals surface area contributed by atoms with Gasteiger partial charge in [0.1, 0.15) is 28.9 Å². The largest absolute Gasteiger partial charge is 0.506 e. The predicted octanol–water partition coefficient (Wildman–Crippen LogP) is 3.45. The van der Waals surface area contributed by atoms with Crippen molar-refractivity contribution in [3.8, 4) is 23.0 Å². The number of rotatable bonds is 5. The van der Waals surface area contributed by atoms with Crippen LogP contribution < -0.4 is 23.8 Å². The summed E-state index contributed by atoms with van der Waals surface area (Å²) in [7, 11) is 2.87.